The lowest BCUT2D eigenvalue weighted by Crippen LogP contribution is -1.95. The second kappa shape index (κ2) is 6.16. The molecule has 0 aliphatic heterocycles. The minimum atomic E-state index is -0.311. The van der Waals surface area contributed by atoms with E-state index in [-0.39, 0.29) is 10.6 Å². The second-order valence-electron chi connectivity index (χ2n) is 7.36. The average Bonchev–Trinajstić information content (AvgIpc) is 3.17. The highest BCUT2D eigenvalue weighted by Gasteiger charge is 2.29. The van der Waals surface area contributed by atoms with Crippen molar-refractivity contribution < 1.29 is 9.34 Å². The molecule has 0 bridgehead atoms. The van der Waals surface area contributed by atoms with Crippen LogP contribution < -0.4 is 0 Å². The minimum Gasteiger partial charge on any atom is -0.449 e. The molecule has 0 amide bonds. The van der Waals surface area contributed by atoms with Crippen LogP contribution in [0.5, 0.6) is 0 Å². The predicted octanol–water partition coefficient (Wildman–Crippen LogP) is 7.47. The van der Waals surface area contributed by atoms with Gasteiger partial charge < -0.3 is 4.42 Å². The van der Waals surface area contributed by atoms with Crippen molar-refractivity contribution in [2.45, 2.75) is 0 Å². The van der Waals surface area contributed by atoms with Crippen LogP contribution in [-0.4, -0.2) is 4.92 Å². The van der Waals surface area contributed by atoms with Gasteiger partial charge in [-0.15, -0.1) is 0 Å². The molecule has 0 saturated heterocycles. The van der Waals surface area contributed by atoms with E-state index in [4.69, 9.17) is 4.42 Å². The second-order valence-corrected chi connectivity index (χ2v) is 7.36. The summed E-state index contributed by atoms with van der Waals surface area (Å²) in [7, 11) is 0. The minimum absolute atomic E-state index is 0.0104. The van der Waals surface area contributed by atoms with Gasteiger partial charge in [0.25, 0.3) is 0 Å². The smallest absolute Gasteiger partial charge is 0.320 e. The lowest BCUT2D eigenvalue weighted by molar-refractivity contribution is -0.382. The Morgan fingerprint density at radius 3 is 2.10 bits per heavy atom. The highest BCUT2D eigenvalue weighted by Crippen LogP contribution is 2.48. The lowest BCUT2D eigenvalue weighted by Gasteiger charge is -2.12. The Labute approximate surface area is 171 Å². The number of benzene rings is 5. The summed E-state index contributed by atoms with van der Waals surface area (Å²) >= 11 is 0. The molecule has 1 aromatic heterocycles. The van der Waals surface area contributed by atoms with E-state index in [9.17, 15) is 10.1 Å². The molecule has 0 fully saturated rings. The first-order valence-electron chi connectivity index (χ1n) is 9.72. The van der Waals surface area contributed by atoms with Crippen molar-refractivity contribution in [3.63, 3.8) is 0 Å². The standard InChI is InChI=1S/C26H15NO3/c28-27(29)25-23(18-14-7-9-16-8-1-2-10-17(16)18)19-11-3-4-12-20(19)24-21-13-5-6-15-22(21)30-26(24)25/h1-15H. The monoisotopic (exact) mass is 389 g/mol. The van der Waals surface area contributed by atoms with Crippen molar-refractivity contribution in [1.29, 1.82) is 0 Å². The fourth-order valence-corrected chi connectivity index (χ4v) is 4.53. The van der Waals surface area contributed by atoms with Gasteiger partial charge in [0.1, 0.15) is 5.58 Å². The number of hydrogen-bond acceptors (Lipinski definition) is 3. The molecule has 0 spiro atoms. The number of nitro benzene ring substituents is 1. The molecule has 0 radical (unpaired) electrons. The average molecular weight is 389 g/mol. The van der Waals surface area contributed by atoms with Crippen LogP contribution in [0.4, 0.5) is 5.69 Å². The van der Waals surface area contributed by atoms with E-state index in [1.165, 1.54) is 0 Å². The fraction of sp³-hybridized carbons (Fsp3) is 0. The van der Waals surface area contributed by atoms with Gasteiger partial charge in [-0.3, -0.25) is 10.1 Å². The van der Waals surface area contributed by atoms with Crippen LogP contribution in [0, 0.1) is 10.1 Å². The number of furan rings is 1. The maximum absolute atomic E-state index is 12.4. The first-order chi connectivity index (χ1) is 14.7. The summed E-state index contributed by atoms with van der Waals surface area (Å²) < 4.78 is 6.09. The van der Waals surface area contributed by atoms with Crippen LogP contribution >= 0.6 is 0 Å². The van der Waals surface area contributed by atoms with Crippen LogP contribution in [0.25, 0.3) is 54.6 Å². The zero-order valence-electron chi connectivity index (χ0n) is 15.8. The molecule has 0 aliphatic carbocycles. The van der Waals surface area contributed by atoms with E-state index in [1.54, 1.807) is 0 Å². The molecule has 0 N–H and O–H groups in total. The first-order valence-corrected chi connectivity index (χ1v) is 9.72. The third-order valence-electron chi connectivity index (χ3n) is 5.75. The topological polar surface area (TPSA) is 56.3 Å². The maximum Gasteiger partial charge on any atom is 0.320 e. The summed E-state index contributed by atoms with van der Waals surface area (Å²) in [4.78, 5) is 12.1. The van der Waals surface area contributed by atoms with Crippen LogP contribution in [-0.2, 0) is 0 Å². The summed E-state index contributed by atoms with van der Waals surface area (Å²) in [5.41, 5.74) is 2.41. The van der Waals surface area contributed by atoms with Crippen molar-refractivity contribution in [2.24, 2.45) is 0 Å². The molecule has 5 aromatic carbocycles. The van der Waals surface area contributed by atoms with Crippen molar-refractivity contribution in [3.05, 3.63) is 101 Å². The SMILES string of the molecule is O=[N+]([O-])c1c(-c2cccc3ccccc23)c2ccccc2c2c1oc1ccccc12. The van der Waals surface area contributed by atoms with Gasteiger partial charge in [-0.1, -0.05) is 84.9 Å². The van der Waals surface area contributed by atoms with Crippen LogP contribution in [0.1, 0.15) is 0 Å². The summed E-state index contributed by atoms with van der Waals surface area (Å²) in [5.74, 6) is 0. The number of para-hydroxylation sites is 1. The molecule has 30 heavy (non-hydrogen) atoms. The third kappa shape index (κ3) is 2.22. The van der Waals surface area contributed by atoms with Crippen LogP contribution in [0.15, 0.2) is 95.4 Å². The van der Waals surface area contributed by atoms with Crippen LogP contribution in [0.3, 0.4) is 0 Å². The molecule has 4 heteroatoms. The van der Waals surface area contributed by atoms with Gasteiger partial charge in [-0.05, 0) is 33.2 Å². The highest BCUT2D eigenvalue weighted by molar-refractivity contribution is 6.26. The van der Waals surface area contributed by atoms with E-state index in [0.29, 0.717) is 16.7 Å². The molecule has 0 atom stereocenters. The van der Waals surface area contributed by atoms with E-state index in [0.717, 1.165) is 37.9 Å². The predicted molar refractivity (Wildman–Crippen MR) is 121 cm³/mol. The molecular formula is C26H15NO3. The Bertz CT molecular complexity index is 1620. The van der Waals surface area contributed by atoms with Gasteiger partial charge in [0, 0.05) is 10.8 Å². The zero-order valence-corrected chi connectivity index (χ0v) is 15.8. The Kier molecular flexibility index (Phi) is 3.44. The molecule has 4 nitrogen and oxygen atoms in total. The van der Waals surface area contributed by atoms with Gasteiger partial charge in [0.15, 0.2) is 0 Å². The quantitative estimate of drug-likeness (QED) is 0.228. The number of nitro groups is 1. The van der Waals surface area contributed by atoms with Crippen molar-refractivity contribution in [2.75, 3.05) is 0 Å². The molecule has 0 saturated carbocycles. The largest absolute Gasteiger partial charge is 0.449 e. The third-order valence-corrected chi connectivity index (χ3v) is 5.75. The number of rotatable bonds is 2. The Morgan fingerprint density at radius 1 is 0.667 bits per heavy atom. The van der Waals surface area contributed by atoms with E-state index in [2.05, 4.69) is 0 Å². The first kappa shape index (κ1) is 16.7. The molecule has 142 valence electrons. The van der Waals surface area contributed by atoms with Crippen molar-refractivity contribution in [3.8, 4) is 11.1 Å². The Balaban J connectivity index is 1.92. The van der Waals surface area contributed by atoms with Gasteiger partial charge in [-0.2, -0.15) is 0 Å². The molecular weight excluding hydrogens is 374 g/mol. The van der Waals surface area contributed by atoms with Gasteiger partial charge in [0.05, 0.1) is 10.5 Å². The molecule has 6 aromatic rings. The zero-order chi connectivity index (χ0) is 20.2. The molecule has 6 rings (SSSR count). The van der Waals surface area contributed by atoms with E-state index < -0.39 is 0 Å². The Hall–Kier alpha value is -4.18. The van der Waals surface area contributed by atoms with Crippen LogP contribution in [0.2, 0.25) is 0 Å². The van der Waals surface area contributed by atoms with Gasteiger partial charge in [-0.25, -0.2) is 0 Å². The summed E-state index contributed by atoms with van der Waals surface area (Å²) in [6.45, 7) is 0. The van der Waals surface area contributed by atoms with Gasteiger partial charge >= 0.3 is 5.69 Å². The number of hydrogen-bond donors (Lipinski definition) is 0. The van der Waals surface area contributed by atoms with Crippen molar-refractivity contribution in [1.82, 2.24) is 0 Å². The fourth-order valence-electron chi connectivity index (χ4n) is 4.53. The summed E-state index contributed by atoms with van der Waals surface area (Å²) in [6, 6.07) is 29.3. The number of nitrogens with zero attached hydrogens (tertiary/aromatic N) is 1. The van der Waals surface area contributed by atoms with E-state index >= 15 is 0 Å². The Morgan fingerprint density at radius 2 is 1.30 bits per heavy atom. The summed E-state index contributed by atoms with van der Waals surface area (Å²) in [5, 5.41) is 17.9. The van der Waals surface area contributed by atoms with Crippen molar-refractivity contribution >= 4 is 49.2 Å². The molecule has 0 aliphatic rings. The molecule has 0 unspecified atom stereocenters. The molecule has 1 heterocycles. The lowest BCUT2D eigenvalue weighted by atomic mass is 9.90. The highest BCUT2D eigenvalue weighted by atomic mass is 16.6. The summed E-state index contributed by atoms with van der Waals surface area (Å²) in [6.07, 6.45) is 0. The normalized spacial score (nSPS) is 11.6. The van der Waals surface area contributed by atoms with Gasteiger partial charge in [0.2, 0.25) is 5.58 Å². The maximum atomic E-state index is 12.4. The van der Waals surface area contributed by atoms with E-state index in [1.807, 2.05) is 91.0 Å². The number of fused-ring (bicyclic) bond motifs is 6.